The summed E-state index contributed by atoms with van der Waals surface area (Å²) in [5.74, 6) is -5.69. The number of anilines is 5. The Balaban J connectivity index is 0.000000176. The highest BCUT2D eigenvalue weighted by atomic mass is 19.4. The fourth-order valence-corrected chi connectivity index (χ4v) is 14.3. The van der Waals surface area contributed by atoms with Gasteiger partial charge in [0.15, 0.2) is 0 Å². The summed E-state index contributed by atoms with van der Waals surface area (Å²) in [6.45, 7) is 8.36. The minimum Gasteiger partial charge on any atom is -0.391 e. The number of nitrogens with zero attached hydrogens (tertiary/aromatic N) is 7. The van der Waals surface area contributed by atoms with E-state index in [1.165, 1.54) is 97.0 Å². The first-order valence-electron chi connectivity index (χ1n) is 36.4. The molecule has 6 heterocycles. The Labute approximate surface area is 628 Å². The number of alkyl halides is 6. The molecule has 19 nitrogen and oxygen atoms in total. The molecule has 0 spiro atoms. The van der Waals surface area contributed by atoms with Crippen LogP contribution in [0, 0.1) is 34.9 Å². The van der Waals surface area contributed by atoms with Gasteiger partial charge in [0.2, 0.25) is 23.6 Å². The van der Waals surface area contributed by atoms with Gasteiger partial charge in [0.05, 0.1) is 94.0 Å². The quantitative estimate of drug-likeness (QED) is 0.0135. The van der Waals surface area contributed by atoms with Crippen molar-refractivity contribution in [2.24, 2.45) is 17.8 Å². The van der Waals surface area contributed by atoms with Crippen LogP contribution in [0.15, 0.2) is 217 Å². The third kappa shape index (κ3) is 19.2. The Morgan fingerprint density at radius 2 is 0.972 bits per heavy atom. The number of hydrogen-bond donors (Lipinski definition) is 6. The second kappa shape index (κ2) is 36.2. The van der Waals surface area contributed by atoms with Crippen molar-refractivity contribution in [3.05, 3.63) is 246 Å². The SMILES string of the molecule is CC(C)=CCC/C(C)=C/C(O)C1C=CC2C(=O)N(C)C(=O)C2N1Nc1ccccc1.CCCCCCCCCCC(O)C1C=CC2C(=O)N(c3ccccc3)C(=O)C2N1Nc1ccc(C#N)cc1.O=C1C2C=CC(C(O)c3cc(C(F)(F)F)cc(C(F)(F)F)c3)N(Nc3ccccc3F)C2C(=O)N1c1ccccc1. The standard InChI is InChI=1S/C31H38N4O3.C28H20F7N3O3.C24H31N3O3/c1-2-3-4-5-6-7-8-12-15-28(36)27-21-20-26-29(35(27)33-24-18-16-23(22-32)17-19-24)31(38)34(30(26)37)25-13-10-9-11-14-25;29-20-8-4-5-9-21(20)36-38-22(24(39)15-12-16(27(30,31)32)14-17(13-15)28(33,34)35)11-10-19-23(38)26(41)37(25(19)40)18-6-2-1-3-7-18;1-16(2)9-8-10-17(3)15-21(28)20-14-13-19-22(24(30)26(4)23(19)29)27(20)25-18-11-6-5-7-12-18/h9-11,13-14,16-21,26-29,33,36H,2-8,12,15H2,1H3;1-14,19,22-24,36,39H;5-7,9,11-15,19-22,25,28H,8,10H2,1-4H3/b;;17-15+. The molecule has 6 aromatic carbocycles. The predicted molar refractivity (Wildman–Crippen MR) is 400 cm³/mol. The van der Waals surface area contributed by atoms with Crippen molar-refractivity contribution in [1.29, 1.82) is 5.26 Å². The Morgan fingerprint density at radius 1 is 0.523 bits per heavy atom. The number of nitriles is 1. The smallest absolute Gasteiger partial charge is 0.391 e. The van der Waals surface area contributed by atoms with Gasteiger partial charge in [-0.25, -0.2) is 29.2 Å². The topological polar surface area (TPSA) is 242 Å². The van der Waals surface area contributed by atoms with Crippen LogP contribution >= 0.6 is 0 Å². The number of aliphatic hydroxyl groups excluding tert-OH is 3. The Kier molecular flexibility index (Phi) is 26.9. The summed E-state index contributed by atoms with van der Waals surface area (Å²) in [6, 6.07) is 35.8. The van der Waals surface area contributed by atoms with Gasteiger partial charge in [-0.1, -0.05) is 185 Å². The average Bonchev–Trinajstić information content (AvgIpc) is 1.64. The summed E-state index contributed by atoms with van der Waals surface area (Å²) < 4.78 is 95.7. The molecule has 0 aliphatic carbocycles. The third-order valence-corrected chi connectivity index (χ3v) is 20.0. The van der Waals surface area contributed by atoms with Gasteiger partial charge in [-0.2, -0.15) is 31.6 Å². The molecule has 0 radical (unpaired) electrons. The number of hydrazine groups is 3. The molecule has 0 bridgehead atoms. The van der Waals surface area contributed by atoms with E-state index < -0.39 is 119 Å². The maximum absolute atomic E-state index is 14.6. The van der Waals surface area contributed by atoms with E-state index in [2.05, 4.69) is 49.2 Å². The minimum atomic E-state index is -5.17. The van der Waals surface area contributed by atoms with Gasteiger partial charge < -0.3 is 31.6 Å². The summed E-state index contributed by atoms with van der Waals surface area (Å²) >= 11 is 0. The molecule has 26 heteroatoms. The molecule has 3 saturated heterocycles. The molecule has 12 rings (SSSR count). The first-order chi connectivity index (χ1) is 52.1. The van der Waals surface area contributed by atoms with Gasteiger partial charge in [0.25, 0.3) is 11.8 Å². The van der Waals surface area contributed by atoms with E-state index >= 15 is 0 Å². The van der Waals surface area contributed by atoms with Gasteiger partial charge in [0, 0.05) is 18.4 Å². The van der Waals surface area contributed by atoms with Gasteiger partial charge in [-0.05, 0) is 137 Å². The highest BCUT2D eigenvalue weighted by molar-refractivity contribution is 6.25. The maximum atomic E-state index is 14.6. The first kappa shape index (κ1) is 81.1. The normalized spacial score (nSPS) is 22.9. The van der Waals surface area contributed by atoms with Crippen LogP contribution in [0.2, 0.25) is 0 Å². The number of imide groups is 3. The van der Waals surface area contributed by atoms with E-state index in [9.17, 15) is 74.8 Å². The minimum absolute atomic E-state index is 0.0742. The molecule has 6 aromatic rings. The number of carbonyl (C=O) groups excluding carboxylic acids is 6. The number of para-hydroxylation sites is 4. The highest BCUT2D eigenvalue weighted by Gasteiger charge is 2.57. The maximum Gasteiger partial charge on any atom is 0.416 e. The average molecular weight is 1500 g/mol. The summed E-state index contributed by atoms with van der Waals surface area (Å²) in [5, 5.41) is 47.1. The number of rotatable bonds is 25. The van der Waals surface area contributed by atoms with Crippen molar-refractivity contribution in [2.45, 2.75) is 165 Å². The number of halogens is 7. The third-order valence-electron chi connectivity index (χ3n) is 20.0. The van der Waals surface area contributed by atoms with E-state index in [4.69, 9.17) is 5.26 Å². The summed E-state index contributed by atoms with van der Waals surface area (Å²) in [6.07, 6.45) is 11.6. The monoisotopic (exact) mass is 1500 g/mol. The molecule has 109 heavy (non-hydrogen) atoms. The molecule has 6 amide bonds. The largest absolute Gasteiger partial charge is 0.416 e. The van der Waals surface area contributed by atoms with Crippen LogP contribution in [0.25, 0.3) is 0 Å². The zero-order chi connectivity index (χ0) is 78.4. The van der Waals surface area contributed by atoms with E-state index in [1.54, 1.807) is 88.9 Å². The zero-order valence-corrected chi connectivity index (χ0v) is 60.9. The number of hydrogen-bond acceptors (Lipinski definition) is 16. The fraction of sp³-hybridized carbons (Fsp3) is 0.361. The number of carbonyl (C=O) groups is 6. The van der Waals surface area contributed by atoms with E-state index in [1.807, 2.05) is 61.5 Å². The molecular formula is C83H89F7N10O9. The van der Waals surface area contributed by atoms with E-state index in [0.717, 1.165) is 59.3 Å². The number of unbranched alkanes of at least 4 members (excludes halogenated alkanes) is 7. The van der Waals surface area contributed by atoms with Crippen LogP contribution in [0.1, 0.15) is 127 Å². The molecule has 0 aromatic heterocycles. The Bertz CT molecular complexity index is 4370. The van der Waals surface area contributed by atoms with Crippen LogP contribution in [0.3, 0.4) is 0 Å². The molecule has 6 aliphatic heterocycles. The second-order valence-electron chi connectivity index (χ2n) is 28.0. The molecule has 574 valence electrons. The lowest BCUT2D eigenvalue weighted by molar-refractivity contribution is -0.143. The van der Waals surface area contributed by atoms with Gasteiger partial charge in [-0.15, -0.1) is 0 Å². The number of likely N-dealkylation sites (N-methyl/N-ethyl adjacent to an activating group) is 1. The first-order valence-corrected chi connectivity index (χ1v) is 36.4. The van der Waals surface area contributed by atoms with E-state index in [-0.39, 0.29) is 41.1 Å². The number of nitrogens with one attached hydrogen (secondary N) is 3. The molecule has 6 aliphatic rings. The summed E-state index contributed by atoms with van der Waals surface area (Å²) in [5.41, 5.74) is 10.1. The number of likely N-dealkylation sites (tertiary alicyclic amines) is 1. The van der Waals surface area contributed by atoms with Crippen molar-refractivity contribution in [1.82, 2.24) is 19.9 Å². The number of fused-ring (bicyclic) bond motifs is 3. The Morgan fingerprint density at radius 3 is 1.49 bits per heavy atom. The molecular weight excluding hydrogens is 1410 g/mol. The molecule has 12 unspecified atom stereocenters. The van der Waals surface area contributed by atoms with Crippen molar-refractivity contribution in [2.75, 3.05) is 33.1 Å². The van der Waals surface area contributed by atoms with Crippen molar-refractivity contribution in [3.63, 3.8) is 0 Å². The van der Waals surface area contributed by atoms with Gasteiger partial charge in [0.1, 0.15) is 23.9 Å². The van der Waals surface area contributed by atoms with Crippen LogP contribution in [-0.2, 0) is 41.1 Å². The van der Waals surface area contributed by atoms with Crippen molar-refractivity contribution in [3.8, 4) is 6.07 Å². The molecule has 6 N–H and O–H groups in total. The Hall–Kier alpha value is -10.4. The van der Waals surface area contributed by atoms with E-state index in [0.29, 0.717) is 35.5 Å². The lowest BCUT2D eigenvalue weighted by atomic mass is 9.89. The highest BCUT2D eigenvalue weighted by Crippen LogP contribution is 2.43. The summed E-state index contributed by atoms with van der Waals surface area (Å²) in [7, 11) is 1.51. The number of amides is 6. The predicted octanol–water partition coefficient (Wildman–Crippen LogP) is 14.6. The number of benzene rings is 6. The lowest BCUT2D eigenvalue weighted by Crippen LogP contribution is -2.57. The van der Waals surface area contributed by atoms with Crippen LogP contribution < -0.4 is 26.1 Å². The zero-order valence-electron chi connectivity index (χ0n) is 60.9. The molecule has 0 saturated carbocycles. The van der Waals surface area contributed by atoms with Crippen molar-refractivity contribution < 1.29 is 74.8 Å². The van der Waals surface area contributed by atoms with Crippen molar-refractivity contribution >= 4 is 63.9 Å². The van der Waals surface area contributed by atoms with Crippen LogP contribution in [-0.4, -0.2) is 126 Å². The second-order valence-corrected chi connectivity index (χ2v) is 28.0. The fourth-order valence-electron chi connectivity index (χ4n) is 14.3. The lowest BCUT2D eigenvalue weighted by Gasteiger charge is -2.40. The van der Waals surface area contributed by atoms with Crippen LogP contribution in [0.4, 0.5) is 59.2 Å². The number of aliphatic hydroxyl groups is 3. The molecule has 12 atom stereocenters. The van der Waals surface area contributed by atoms with Gasteiger partial charge in [-0.3, -0.25) is 33.7 Å². The van der Waals surface area contributed by atoms with Gasteiger partial charge >= 0.3 is 12.4 Å². The summed E-state index contributed by atoms with van der Waals surface area (Å²) in [4.78, 5) is 82.6. The number of allylic oxidation sites excluding steroid dienone is 3. The van der Waals surface area contributed by atoms with Crippen LogP contribution in [0.5, 0.6) is 0 Å². The molecule has 3 fully saturated rings.